The quantitative estimate of drug-likeness (QED) is 0.181. The summed E-state index contributed by atoms with van der Waals surface area (Å²) in [6.45, 7) is 0. The minimum atomic E-state index is -5.02. The second-order valence-electron chi connectivity index (χ2n) is 8.51. The van der Waals surface area contributed by atoms with Gasteiger partial charge in [0.1, 0.15) is 0 Å². The predicted octanol–water partition coefficient (Wildman–Crippen LogP) is 1.41. The van der Waals surface area contributed by atoms with E-state index < -0.39 is 67.0 Å². The molecule has 15 heteroatoms. The van der Waals surface area contributed by atoms with Crippen molar-refractivity contribution < 1.29 is 27.1 Å². The van der Waals surface area contributed by atoms with Crippen molar-refractivity contribution in [3.05, 3.63) is 57.2 Å². The molecular formula is C19H20ClFN6O6S. The number of carbonyl (C=O) groups is 1. The molecule has 2 aromatic rings. The molecule has 34 heavy (non-hydrogen) atoms. The van der Waals surface area contributed by atoms with Crippen molar-refractivity contribution in [2.75, 3.05) is 5.32 Å². The zero-order valence-corrected chi connectivity index (χ0v) is 18.9. The molecule has 2 aliphatic rings. The largest absolute Gasteiger partial charge is 0.369 e. The molecule has 1 aromatic carbocycles. The molecule has 6 N–H and O–H groups in total. The van der Waals surface area contributed by atoms with Crippen molar-refractivity contribution in [2.45, 2.75) is 23.8 Å². The Morgan fingerprint density at radius 1 is 1.38 bits per heavy atom. The second-order valence-corrected chi connectivity index (χ2v) is 10.5. The van der Waals surface area contributed by atoms with Gasteiger partial charge in [0.25, 0.3) is 15.8 Å². The Morgan fingerprint density at radius 3 is 2.71 bits per heavy atom. The van der Waals surface area contributed by atoms with Crippen LogP contribution in [0.5, 0.6) is 0 Å². The summed E-state index contributed by atoms with van der Waals surface area (Å²) in [6, 6.07) is 3.77. The highest BCUT2D eigenvalue weighted by Gasteiger charge is 2.63. The average molecular weight is 515 g/mol. The fraction of sp³-hybridized carbons (Fsp3) is 0.421. The van der Waals surface area contributed by atoms with Gasteiger partial charge in [0.05, 0.1) is 17.0 Å². The number of primary amides is 1. The number of nitrogens with zero attached hydrogens (tertiary/aromatic N) is 3. The Bertz CT molecular complexity index is 1280. The fourth-order valence-corrected chi connectivity index (χ4v) is 6.69. The molecule has 1 amide bonds. The van der Waals surface area contributed by atoms with Crippen molar-refractivity contribution in [1.29, 1.82) is 0 Å². The number of anilines is 1. The maximum atomic E-state index is 14.3. The molecule has 1 heterocycles. The van der Waals surface area contributed by atoms with Gasteiger partial charge in [-0.15, -0.1) is 0 Å². The first kappa shape index (κ1) is 24.2. The van der Waals surface area contributed by atoms with Crippen LogP contribution in [0.4, 0.5) is 15.9 Å². The van der Waals surface area contributed by atoms with Crippen LogP contribution in [0.1, 0.15) is 18.4 Å². The standard InChI is InChI=1S/C19H20ClFN6O6S/c20-18-24-7-13(21)17(26-18)25-15-11-4-8(14(15)16(22)28)5-12(11)19(23,34(31,32)33)9-2-1-3-10(6-9)27(29)30/h1-3,6-8,11-12,14-15H,4-5,23H2,(H2,22,28)(H,24,25,26)(H,31,32,33)/t8-,11-,12?,14+,15-,19?/m1/s1. The topological polar surface area (TPSA) is 204 Å². The summed E-state index contributed by atoms with van der Waals surface area (Å²) in [5.41, 5.74) is 11.4. The third-order valence-corrected chi connectivity index (χ3v) is 8.41. The number of aromatic nitrogens is 2. The Morgan fingerprint density at radius 2 is 2.09 bits per heavy atom. The summed E-state index contributed by atoms with van der Waals surface area (Å²) < 4.78 is 49.8. The number of non-ortho nitro benzene ring substituents is 1. The van der Waals surface area contributed by atoms with E-state index in [1.807, 2.05) is 0 Å². The molecule has 12 nitrogen and oxygen atoms in total. The monoisotopic (exact) mass is 514 g/mol. The zero-order chi connectivity index (χ0) is 25.0. The minimum absolute atomic E-state index is 0.0858. The van der Waals surface area contributed by atoms with Gasteiger partial charge >= 0.3 is 0 Å². The van der Waals surface area contributed by atoms with Gasteiger partial charge < -0.3 is 16.8 Å². The SMILES string of the molecule is NC(=O)[C@H]1[C@H]2CC(C(N)(c3cccc([N+](=O)[O-])c3)S(=O)(=O)O)[C@@H](C2)[C@H]1Nc1nc(Cl)ncc1F. The van der Waals surface area contributed by atoms with E-state index >= 15 is 0 Å². The molecule has 2 fully saturated rings. The summed E-state index contributed by atoms with van der Waals surface area (Å²) >= 11 is 5.75. The number of nitro benzene ring substituents is 1. The van der Waals surface area contributed by atoms with Crippen molar-refractivity contribution in [1.82, 2.24) is 9.97 Å². The van der Waals surface area contributed by atoms with Gasteiger partial charge in [-0.3, -0.25) is 19.5 Å². The van der Waals surface area contributed by atoms with Gasteiger partial charge in [-0.05, 0) is 41.8 Å². The third kappa shape index (κ3) is 3.85. The van der Waals surface area contributed by atoms with Crippen molar-refractivity contribution in [3.63, 3.8) is 0 Å². The van der Waals surface area contributed by atoms with Crippen molar-refractivity contribution in [3.8, 4) is 0 Å². The van der Waals surface area contributed by atoms with Gasteiger partial charge in [0.15, 0.2) is 16.5 Å². The smallest absolute Gasteiger partial charge is 0.288 e. The zero-order valence-electron chi connectivity index (χ0n) is 17.3. The molecule has 0 radical (unpaired) electrons. The molecule has 4 rings (SSSR count). The number of fused-ring (bicyclic) bond motifs is 2. The Kier molecular flexibility index (Phi) is 5.96. The number of hydrogen-bond acceptors (Lipinski definition) is 9. The fourth-order valence-electron chi connectivity index (χ4n) is 5.48. The van der Waals surface area contributed by atoms with E-state index in [9.17, 15) is 32.3 Å². The summed E-state index contributed by atoms with van der Waals surface area (Å²) in [5.74, 6) is -4.80. The summed E-state index contributed by atoms with van der Waals surface area (Å²) in [5, 5.41) is 13.8. The maximum absolute atomic E-state index is 14.3. The van der Waals surface area contributed by atoms with Gasteiger partial charge in [0.2, 0.25) is 11.2 Å². The lowest BCUT2D eigenvalue weighted by atomic mass is 9.73. The lowest BCUT2D eigenvalue weighted by Crippen LogP contribution is -2.57. The number of benzene rings is 1. The van der Waals surface area contributed by atoms with Crippen LogP contribution in [0.2, 0.25) is 5.28 Å². The first-order valence-corrected chi connectivity index (χ1v) is 11.9. The highest BCUT2D eigenvalue weighted by molar-refractivity contribution is 7.86. The molecule has 0 aliphatic heterocycles. The van der Waals surface area contributed by atoms with Crippen molar-refractivity contribution >= 4 is 39.1 Å². The number of nitrogens with two attached hydrogens (primary N) is 2. The highest BCUT2D eigenvalue weighted by Crippen LogP contribution is 2.58. The molecule has 2 unspecified atom stereocenters. The Labute approximate surface area is 197 Å². The van der Waals surface area contributed by atoms with Gasteiger partial charge in [0, 0.05) is 24.1 Å². The third-order valence-electron chi connectivity index (χ3n) is 6.84. The molecular weight excluding hydrogens is 495 g/mol. The molecule has 2 aliphatic carbocycles. The van der Waals surface area contributed by atoms with Crippen LogP contribution < -0.4 is 16.8 Å². The Hall–Kier alpha value is -2.94. The van der Waals surface area contributed by atoms with Crippen LogP contribution >= 0.6 is 11.6 Å². The summed E-state index contributed by atoms with van der Waals surface area (Å²) in [4.78, 5) is 27.6. The second kappa shape index (κ2) is 8.37. The maximum Gasteiger partial charge on any atom is 0.288 e. The first-order chi connectivity index (χ1) is 15.8. The van der Waals surface area contributed by atoms with E-state index in [4.69, 9.17) is 23.1 Å². The van der Waals surface area contributed by atoms with Crippen LogP contribution in [0.15, 0.2) is 30.5 Å². The molecule has 0 saturated heterocycles. The number of halogens is 2. The van der Waals surface area contributed by atoms with Gasteiger partial charge in [-0.25, -0.2) is 9.37 Å². The first-order valence-electron chi connectivity index (χ1n) is 10.1. The van der Waals surface area contributed by atoms with Crippen LogP contribution in [0, 0.1) is 39.6 Å². The van der Waals surface area contributed by atoms with E-state index in [-0.39, 0.29) is 23.1 Å². The molecule has 2 bridgehead atoms. The molecule has 6 atom stereocenters. The van der Waals surface area contributed by atoms with E-state index in [0.717, 1.165) is 18.3 Å². The number of nitrogens with one attached hydrogen (secondary N) is 1. The van der Waals surface area contributed by atoms with Gasteiger partial charge in [-0.1, -0.05) is 12.1 Å². The molecule has 2 saturated carbocycles. The summed E-state index contributed by atoms with van der Waals surface area (Å²) in [7, 11) is -5.02. The van der Waals surface area contributed by atoms with E-state index in [0.29, 0.717) is 6.42 Å². The normalized spacial score (nSPS) is 27.8. The highest BCUT2D eigenvalue weighted by atomic mass is 35.5. The summed E-state index contributed by atoms with van der Waals surface area (Å²) in [6.07, 6.45) is 1.21. The Balaban J connectivity index is 1.79. The molecule has 182 valence electrons. The number of rotatable bonds is 7. The number of nitro groups is 1. The molecule has 0 spiro atoms. The van der Waals surface area contributed by atoms with Crippen molar-refractivity contribution in [2.24, 2.45) is 35.1 Å². The van der Waals surface area contributed by atoms with Crippen LogP contribution in [0.3, 0.4) is 0 Å². The van der Waals surface area contributed by atoms with Crippen LogP contribution in [0.25, 0.3) is 0 Å². The lowest BCUT2D eigenvalue weighted by molar-refractivity contribution is -0.385. The number of carbonyl (C=O) groups excluding carboxylic acids is 1. The minimum Gasteiger partial charge on any atom is -0.369 e. The lowest BCUT2D eigenvalue weighted by Gasteiger charge is -2.42. The van der Waals surface area contributed by atoms with Crippen LogP contribution in [-0.4, -0.2) is 39.8 Å². The van der Waals surface area contributed by atoms with Gasteiger partial charge in [-0.2, -0.15) is 13.4 Å². The van der Waals surface area contributed by atoms with E-state index in [2.05, 4.69) is 15.3 Å². The predicted molar refractivity (Wildman–Crippen MR) is 117 cm³/mol. The van der Waals surface area contributed by atoms with Crippen LogP contribution in [-0.2, 0) is 19.8 Å². The molecule has 1 aromatic heterocycles. The van der Waals surface area contributed by atoms with E-state index in [1.54, 1.807) is 0 Å². The average Bonchev–Trinajstić information content (AvgIpc) is 3.34. The van der Waals surface area contributed by atoms with E-state index in [1.165, 1.54) is 12.1 Å². The number of hydrogen-bond donors (Lipinski definition) is 4. The number of amides is 1.